The van der Waals surface area contributed by atoms with Crippen LogP contribution in [-0.4, -0.2) is 31.0 Å². The van der Waals surface area contributed by atoms with Gasteiger partial charge in [0.05, 0.1) is 6.10 Å². The van der Waals surface area contributed by atoms with Crippen LogP contribution in [0.1, 0.15) is 19.5 Å². The number of aromatic nitrogens is 5. The predicted molar refractivity (Wildman–Crippen MR) is 74.3 cm³/mol. The third-order valence-corrected chi connectivity index (χ3v) is 2.76. The van der Waals surface area contributed by atoms with E-state index in [-0.39, 0.29) is 18.1 Å². The first-order valence-electron chi connectivity index (χ1n) is 5.93. The van der Waals surface area contributed by atoms with Gasteiger partial charge >= 0.3 is 6.01 Å². The van der Waals surface area contributed by atoms with E-state index >= 15 is 0 Å². The summed E-state index contributed by atoms with van der Waals surface area (Å²) in [6, 6.07) is 2.02. The van der Waals surface area contributed by atoms with Crippen molar-refractivity contribution >= 4 is 17.7 Å². The second-order valence-electron chi connectivity index (χ2n) is 4.12. The van der Waals surface area contributed by atoms with Gasteiger partial charge in [0.2, 0.25) is 11.1 Å². The van der Waals surface area contributed by atoms with Crippen molar-refractivity contribution in [2.45, 2.75) is 37.2 Å². The Morgan fingerprint density at radius 3 is 2.65 bits per heavy atom. The van der Waals surface area contributed by atoms with Crippen LogP contribution in [0.3, 0.4) is 0 Å². The van der Waals surface area contributed by atoms with E-state index in [1.807, 2.05) is 26.8 Å². The van der Waals surface area contributed by atoms with Crippen molar-refractivity contribution in [1.82, 2.24) is 24.9 Å². The zero-order chi connectivity index (χ0) is 14.5. The summed E-state index contributed by atoms with van der Waals surface area (Å²) in [6.45, 7) is 5.66. The van der Waals surface area contributed by atoms with Gasteiger partial charge in [0.25, 0.3) is 0 Å². The molecule has 2 aromatic rings. The average Bonchev–Trinajstić information content (AvgIpc) is 2.37. The van der Waals surface area contributed by atoms with E-state index in [0.717, 1.165) is 5.69 Å². The fraction of sp³-hybridized carbons (Fsp3) is 0.364. The van der Waals surface area contributed by atoms with Crippen molar-refractivity contribution in [1.29, 1.82) is 0 Å². The molecule has 9 heteroatoms. The van der Waals surface area contributed by atoms with Crippen molar-refractivity contribution in [3.8, 4) is 6.01 Å². The van der Waals surface area contributed by atoms with Gasteiger partial charge in [0.1, 0.15) is 0 Å². The van der Waals surface area contributed by atoms with Crippen molar-refractivity contribution in [3.05, 3.63) is 18.0 Å². The number of ether oxygens (including phenoxy) is 1. The number of hydrazine groups is 1. The number of hydrogen-bond donors (Lipinski definition) is 2. The first-order valence-corrected chi connectivity index (χ1v) is 6.75. The molecular weight excluding hydrogens is 278 g/mol. The number of anilines is 1. The van der Waals surface area contributed by atoms with E-state index in [9.17, 15) is 0 Å². The van der Waals surface area contributed by atoms with Crippen LogP contribution in [0.5, 0.6) is 6.01 Å². The molecule has 0 aromatic carbocycles. The fourth-order valence-corrected chi connectivity index (χ4v) is 1.99. The number of rotatable bonds is 5. The molecule has 0 saturated heterocycles. The SMILES string of the molecule is Cc1ccnc(Sc2nc(NN)nc(OC(C)C)n2)n1. The lowest BCUT2D eigenvalue weighted by molar-refractivity contribution is 0.219. The van der Waals surface area contributed by atoms with Crippen LogP contribution in [-0.2, 0) is 0 Å². The summed E-state index contributed by atoms with van der Waals surface area (Å²) < 4.78 is 5.45. The van der Waals surface area contributed by atoms with Crippen molar-refractivity contribution < 1.29 is 4.74 Å². The molecule has 0 atom stereocenters. The number of nitrogens with two attached hydrogens (primary N) is 1. The summed E-state index contributed by atoms with van der Waals surface area (Å²) in [5.74, 6) is 5.56. The highest BCUT2D eigenvalue weighted by Gasteiger charge is 2.11. The molecule has 2 rings (SSSR count). The first kappa shape index (κ1) is 14.4. The largest absolute Gasteiger partial charge is 0.461 e. The zero-order valence-electron chi connectivity index (χ0n) is 11.4. The van der Waals surface area contributed by atoms with Crippen LogP contribution in [0.2, 0.25) is 0 Å². The van der Waals surface area contributed by atoms with Gasteiger partial charge < -0.3 is 4.74 Å². The first-order chi connectivity index (χ1) is 9.56. The van der Waals surface area contributed by atoms with Gasteiger partial charge in [0.15, 0.2) is 5.16 Å². The highest BCUT2D eigenvalue weighted by atomic mass is 32.2. The molecule has 8 nitrogen and oxygen atoms in total. The van der Waals surface area contributed by atoms with Gasteiger partial charge in [-0.3, -0.25) is 5.43 Å². The Kier molecular flexibility index (Phi) is 4.64. The molecule has 0 radical (unpaired) electrons. The molecule has 0 aliphatic carbocycles. The number of nitrogens with zero attached hydrogens (tertiary/aromatic N) is 5. The minimum atomic E-state index is -0.0453. The van der Waals surface area contributed by atoms with E-state index in [4.69, 9.17) is 10.6 Å². The third kappa shape index (κ3) is 4.00. The Bertz CT molecular complexity index is 593. The Balaban J connectivity index is 2.26. The van der Waals surface area contributed by atoms with Crippen LogP contribution in [0.4, 0.5) is 5.95 Å². The second-order valence-corrected chi connectivity index (χ2v) is 5.05. The summed E-state index contributed by atoms with van der Waals surface area (Å²) in [5, 5.41) is 0.962. The molecule has 0 fully saturated rings. The molecule has 3 N–H and O–H groups in total. The maximum absolute atomic E-state index is 5.45. The van der Waals surface area contributed by atoms with Gasteiger partial charge in [-0.2, -0.15) is 15.0 Å². The second kappa shape index (κ2) is 6.44. The summed E-state index contributed by atoms with van der Waals surface area (Å²) in [6.07, 6.45) is 1.63. The number of hydrogen-bond acceptors (Lipinski definition) is 9. The maximum Gasteiger partial charge on any atom is 0.322 e. The van der Waals surface area contributed by atoms with Crippen LogP contribution in [0.25, 0.3) is 0 Å². The van der Waals surface area contributed by atoms with Gasteiger partial charge in [0, 0.05) is 11.9 Å². The summed E-state index contributed by atoms with van der Waals surface area (Å²) in [4.78, 5) is 20.7. The van der Waals surface area contributed by atoms with Crippen LogP contribution in [0.15, 0.2) is 22.6 Å². The lowest BCUT2D eigenvalue weighted by Crippen LogP contribution is -2.15. The molecule has 0 aliphatic rings. The van der Waals surface area contributed by atoms with Gasteiger partial charge in [-0.25, -0.2) is 15.8 Å². The number of nitrogens with one attached hydrogen (secondary N) is 1. The predicted octanol–water partition coefficient (Wildman–Crippen LogP) is 1.19. The fourth-order valence-electron chi connectivity index (χ4n) is 1.27. The van der Waals surface area contributed by atoms with Crippen molar-refractivity contribution in [2.75, 3.05) is 5.43 Å². The smallest absolute Gasteiger partial charge is 0.322 e. The van der Waals surface area contributed by atoms with Crippen LogP contribution in [0, 0.1) is 6.92 Å². The summed E-state index contributed by atoms with van der Waals surface area (Å²) in [7, 11) is 0. The molecule has 0 amide bonds. The minimum Gasteiger partial charge on any atom is -0.461 e. The lowest BCUT2D eigenvalue weighted by atomic mass is 10.5. The van der Waals surface area contributed by atoms with E-state index in [1.54, 1.807) is 6.20 Å². The van der Waals surface area contributed by atoms with Crippen LogP contribution < -0.4 is 16.0 Å². The molecule has 2 aromatic heterocycles. The maximum atomic E-state index is 5.45. The highest BCUT2D eigenvalue weighted by molar-refractivity contribution is 7.99. The molecule has 106 valence electrons. The summed E-state index contributed by atoms with van der Waals surface area (Å²) in [5.41, 5.74) is 3.25. The molecular formula is C11H15N7OS. The molecule has 0 aliphatic heterocycles. The lowest BCUT2D eigenvalue weighted by Gasteiger charge is -2.09. The van der Waals surface area contributed by atoms with E-state index in [0.29, 0.717) is 10.3 Å². The number of nitrogen functional groups attached to an aromatic ring is 1. The van der Waals surface area contributed by atoms with E-state index < -0.39 is 0 Å². The average molecular weight is 293 g/mol. The quantitative estimate of drug-likeness (QED) is 0.477. The topological polar surface area (TPSA) is 112 Å². The normalized spacial score (nSPS) is 10.7. The van der Waals surface area contributed by atoms with Gasteiger partial charge in [-0.15, -0.1) is 0 Å². The Morgan fingerprint density at radius 1 is 1.20 bits per heavy atom. The minimum absolute atomic E-state index is 0.0453. The molecule has 0 saturated carbocycles. The Labute approximate surface area is 120 Å². The van der Waals surface area contributed by atoms with Crippen LogP contribution >= 0.6 is 11.8 Å². The standard InChI is InChI=1S/C11H15N7OS/c1-6(2)19-9-15-8(18-12)16-11(17-9)20-10-13-5-4-7(3)14-10/h4-6H,12H2,1-3H3,(H,15,16,17,18). The van der Waals surface area contributed by atoms with Gasteiger partial charge in [-0.1, -0.05) is 0 Å². The van der Waals surface area contributed by atoms with Crippen molar-refractivity contribution in [3.63, 3.8) is 0 Å². The van der Waals surface area contributed by atoms with Gasteiger partial charge in [-0.05, 0) is 38.6 Å². The highest BCUT2D eigenvalue weighted by Crippen LogP contribution is 2.23. The molecule has 0 spiro atoms. The zero-order valence-corrected chi connectivity index (χ0v) is 12.2. The number of aryl methyl sites for hydroxylation is 1. The van der Waals surface area contributed by atoms with E-state index in [1.165, 1.54) is 11.8 Å². The molecule has 0 unspecified atom stereocenters. The Hall–Kier alpha value is -2.00. The molecule has 2 heterocycles. The van der Waals surface area contributed by atoms with E-state index in [2.05, 4.69) is 30.3 Å². The summed E-state index contributed by atoms with van der Waals surface area (Å²) >= 11 is 1.21. The Morgan fingerprint density at radius 2 is 2.00 bits per heavy atom. The third-order valence-electron chi connectivity index (χ3n) is 2.02. The molecule has 0 bridgehead atoms. The molecule has 20 heavy (non-hydrogen) atoms. The monoisotopic (exact) mass is 293 g/mol. The van der Waals surface area contributed by atoms with Crippen molar-refractivity contribution in [2.24, 2.45) is 5.84 Å².